The van der Waals surface area contributed by atoms with Gasteiger partial charge in [0.25, 0.3) is 5.91 Å². The zero-order chi connectivity index (χ0) is 24.1. The van der Waals surface area contributed by atoms with E-state index in [4.69, 9.17) is 4.74 Å². The first kappa shape index (κ1) is 23.9. The van der Waals surface area contributed by atoms with Crippen molar-refractivity contribution in [3.8, 4) is 5.75 Å². The molecule has 0 unspecified atom stereocenters. The third-order valence-electron chi connectivity index (χ3n) is 6.67. The molecule has 34 heavy (non-hydrogen) atoms. The fourth-order valence-electron chi connectivity index (χ4n) is 4.72. The maximum absolute atomic E-state index is 13.5. The number of carbonyl (C=O) groups is 1. The normalized spacial score (nSPS) is 20.1. The summed E-state index contributed by atoms with van der Waals surface area (Å²) < 4.78 is 31.9. The molecule has 178 valence electrons. The predicted molar refractivity (Wildman–Crippen MR) is 128 cm³/mol. The minimum Gasteiger partial charge on any atom is -0.497 e. The molecule has 4 rings (SSSR count). The van der Waals surface area contributed by atoms with Crippen LogP contribution in [0.15, 0.2) is 66.7 Å². The average Bonchev–Trinajstić information content (AvgIpc) is 2.84. The van der Waals surface area contributed by atoms with Gasteiger partial charge in [0.15, 0.2) is 11.6 Å². The first-order valence-corrected chi connectivity index (χ1v) is 11.5. The molecular weight excluding hydrogens is 436 g/mol. The van der Waals surface area contributed by atoms with Gasteiger partial charge < -0.3 is 15.2 Å². The molecule has 4 nitrogen and oxygen atoms in total. The Kier molecular flexibility index (Phi) is 7.27. The van der Waals surface area contributed by atoms with Crippen molar-refractivity contribution >= 4 is 11.6 Å². The van der Waals surface area contributed by atoms with E-state index < -0.39 is 17.2 Å². The monoisotopic (exact) mass is 465 g/mol. The van der Waals surface area contributed by atoms with E-state index in [9.17, 15) is 18.7 Å². The van der Waals surface area contributed by atoms with Gasteiger partial charge in [0.1, 0.15) is 5.75 Å². The van der Waals surface area contributed by atoms with Crippen molar-refractivity contribution in [3.05, 3.63) is 95.1 Å². The lowest BCUT2D eigenvalue weighted by molar-refractivity contribution is -0.00886. The second-order valence-electron chi connectivity index (χ2n) is 9.14. The molecule has 6 heteroatoms. The van der Waals surface area contributed by atoms with Crippen molar-refractivity contribution in [2.24, 2.45) is 5.92 Å². The molecule has 0 heterocycles. The molecule has 3 aromatic rings. The van der Waals surface area contributed by atoms with Crippen LogP contribution in [0.3, 0.4) is 0 Å². The Labute approximate surface area is 198 Å². The van der Waals surface area contributed by atoms with E-state index in [-0.39, 0.29) is 5.91 Å². The molecular formula is C28H29F2NO3. The van der Waals surface area contributed by atoms with Crippen molar-refractivity contribution in [3.63, 3.8) is 0 Å². The third kappa shape index (κ3) is 5.81. The first-order valence-electron chi connectivity index (χ1n) is 11.5. The predicted octanol–water partition coefficient (Wildman–Crippen LogP) is 5.93. The van der Waals surface area contributed by atoms with E-state index in [2.05, 4.69) is 5.32 Å². The fourth-order valence-corrected chi connectivity index (χ4v) is 4.72. The van der Waals surface area contributed by atoms with Crippen LogP contribution in [0.25, 0.3) is 0 Å². The molecule has 1 aliphatic carbocycles. The number of benzene rings is 3. The molecule has 3 aromatic carbocycles. The van der Waals surface area contributed by atoms with Gasteiger partial charge in [-0.25, -0.2) is 8.78 Å². The zero-order valence-corrected chi connectivity index (χ0v) is 19.2. The van der Waals surface area contributed by atoms with E-state index >= 15 is 0 Å². The number of hydrogen-bond acceptors (Lipinski definition) is 3. The van der Waals surface area contributed by atoms with Gasteiger partial charge in [0.2, 0.25) is 0 Å². The summed E-state index contributed by atoms with van der Waals surface area (Å²) in [5.41, 5.74) is 1.87. The van der Waals surface area contributed by atoms with Gasteiger partial charge >= 0.3 is 0 Å². The number of carbonyl (C=O) groups excluding carboxylic acids is 1. The van der Waals surface area contributed by atoms with Gasteiger partial charge in [0, 0.05) is 17.7 Å². The lowest BCUT2D eigenvalue weighted by Crippen LogP contribution is -2.37. The molecule has 0 atom stereocenters. The molecule has 0 saturated heterocycles. The van der Waals surface area contributed by atoms with Gasteiger partial charge in [-0.05, 0) is 91.6 Å². The van der Waals surface area contributed by atoms with Crippen LogP contribution in [-0.4, -0.2) is 23.7 Å². The molecule has 1 fully saturated rings. The van der Waals surface area contributed by atoms with Crippen LogP contribution >= 0.6 is 0 Å². The van der Waals surface area contributed by atoms with Crippen LogP contribution in [0.4, 0.5) is 14.5 Å². The van der Waals surface area contributed by atoms with E-state index in [0.717, 1.165) is 30.0 Å². The van der Waals surface area contributed by atoms with Gasteiger partial charge in [-0.1, -0.05) is 24.3 Å². The molecule has 0 aromatic heterocycles. The SMILES string of the molecule is COc1ccc(NC(=O)c2ccccc2CC2(O)CCC(Cc3ccc(F)c(F)c3)CC2)cc1. The van der Waals surface area contributed by atoms with E-state index in [1.165, 1.54) is 6.07 Å². The van der Waals surface area contributed by atoms with Crippen LogP contribution in [0.1, 0.15) is 47.2 Å². The van der Waals surface area contributed by atoms with Gasteiger partial charge in [0.05, 0.1) is 12.7 Å². The largest absolute Gasteiger partial charge is 0.497 e. The van der Waals surface area contributed by atoms with Gasteiger partial charge in [-0.15, -0.1) is 0 Å². The Morgan fingerprint density at radius 2 is 1.74 bits per heavy atom. The van der Waals surface area contributed by atoms with Crippen molar-refractivity contribution in [2.75, 3.05) is 12.4 Å². The standard InChI is InChI=1S/C28H29F2NO3/c1-34-23-9-7-22(8-10-23)31-27(32)24-5-3-2-4-21(24)18-28(33)14-12-19(13-15-28)16-20-6-11-25(29)26(30)17-20/h2-11,17,19,33H,12-16,18H2,1H3,(H,31,32). The summed E-state index contributed by atoms with van der Waals surface area (Å²) >= 11 is 0. The molecule has 0 spiro atoms. The van der Waals surface area contributed by atoms with Crippen molar-refractivity contribution in [1.29, 1.82) is 0 Å². The van der Waals surface area contributed by atoms with Crippen LogP contribution in [-0.2, 0) is 12.8 Å². The van der Waals surface area contributed by atoms with E-state index in [1.54, 1.807) is 43.5 Å². The Bertz CT molecular complexity index is 1140. The number of anilines is 1. The summed E-state index contributed by atoms with van der Waals surface area (Å²) in [6.07, 6.45) is 3.81. The van der Waals surface area contributed by atoms with E-state index in [0.29, 0.717) is 48.6 Å². The molecule has 0 radical (unpaired) electrons. The number of hydrogen-bond donors (Lipinski definition) is 2. The number of rotatable bonds is 7. The van der Waals surface area contributed by atoms with Gasteiger partial charge in [-0.2, -0.15) is 0 Å². The third-order valence-corrected chi connectivity index (χ3v) is 6.67. The quantitative estimate of drug-likeness (QED) is 0.455. The van der Waals surface area contributed by atoms with Crippen LogP contribution in [0.2, 0.25) is 0 Å². The van der Waals surface area contributed by atoms with Crippen LogP contribution in [0.5, 0.6) is 5.75 Å². The number of aliphatic hydroxyl groups is 1. The highest BCUT2D eigenvalue weighted by Crippen LogP contribution is 2.37. The van der Waals surface area contributed by atoms with Crippen molar-refractivity contribution < 1.29 is 23.4 Å². The lowest BCUT2D eigenvalue weighted by atomic mass is 9.74. The molecule has 1 amide bonds. The molecule has 1 saturated carbocycles. The maximum atomic E-state index is 13.5. The summed E-state index contributed by atoms with van der Waals surface area (Å²) in [7, 11) is 1.59. The Hall–Kier alpha value is -3.25. The number of halogens is 2. The van der Waals surface area contributed by atoms with Gasteiger partial charge in [-0.3, -0.25) is 4.79 Å². The summed E-state index contributed by atoms with van der Waals surface area (Å²) in [5, 5.41) is 14.2. The van der Waals surface area contributed by atoms with Crippen LogP contribution in [0, 0.1) is 17.6 Å². The molecule has 0 aliphatic heterocycles. The highest BCUT2D eigenvalue weighted by Gasteiger charge is 2.34. The minimum absolute atomic E-state index is 0.226. The highest BCUT2D eigenvalue weighted by molar-refractivity contribution is 6.05. The summed E-state index contributed by atoms with van der Waals surface area (Å²) in [4.78, 5) is 13.0. The Morgan fingerprint density at radius 3 is 2.41 bits per heavy atom. The smallest absolute Gasteiger partial charge is 0.255 e. The van der Waals surface area contributed by atoms with Crippen molar-refractivity contribution in [2.45, 2.75) is 44.1 Å². The molecule has 0 bridgehead atoms. The van der Waals surface area contributed by atoms with E-state index in [1.807, 2.05) is 18.2 Å². The summed E-state index contributed by atoms with van der Waals surface area (Å²) in [5.74, 6) is -0.873. The number of amides is 1. The number of nitrogens with one attached hydrogen (secondary N) is 1. The zero-order valence-electron chi connectivity index (χ0n) is 19.2. The fraction of sp³-hybridized carbons (Fsp3) is 0.321. The van der Waals surface area contributed by atoms with Crippen LogP contribution < -0.4 is 10.1 Å². The number of ether oxygens (including phenoxy) is 1. The Balaban J connectivity index is 1.38. The highest BCUT2D eigenvalue weighted by atomic mass is 19.2. The summed E-state index contributed by atoms with van der Waals surface area (Å²) in [6, 6.07) is 18.5. The minimum atomic E-state index is -0.902. The molecule has 2 N–H and O–H groups in total. The average molecular weight is 466 g/mol. The van der Waals surface area contributed by atoms with Crippen molar-refractivity contribution in [1.82, 2.24) is 0 Å². The lowest BCUT2D eigenvalue weighted by Gasteiger charge is -2.36. The maximum Gasteiger partial charge on any atom is 0.255 e. The Morgan fingerprint density at radius 1 is 1.03 bits per heavy atom. The first-order chi connectivity index (χ1) is 16.3. The second kappa shape index (κ2) is 10.3. The molecule has 1 aliphatic rings. The second-order valence-corrected chi connectivity index (χ2v) is 9.14. The summed E-state index contributed by atoms with van der Waals surface area (Å²) in [6.45, 7) is 0. The number of methoxy groups -OCH3 is 1. The topological polar surface area (TPSA) is 58.6 Å².